The molecule has 0 spiro atoms. The quantitative estimate of drug-likeness (QED) is 0.580. The molecule has 186 valence electrons. The van der Waals surface area contributed by atoms with Gasteiger partial charge in [0.15, 0.2) is 5.76 Å². The Hall–Kier alpha value is -2.90. The number of nitrogen functional groups attached to an aromatic ring is 1. The highest BCUT2D eigenvalue weighted by molar-refractivity contribution is 5.71. The minimum Gasteiger partial charge on any atom is -0.407 e. The van der Waals surface area contributed by atoms with Gasteiger partial charge in [-0.15, -0.1) is 5.48 Å². The Labute approximate surface area is 204 Å². The molecule has 7 nitrogen and oxygen atoms in total. The van der Waals surface area contributed by atoms with Crippen LogP contribution in [0.3, 0.4) is 0 Å². The van der Waals surface area contributed by atoms with E-state index in [1.165, 1.54) is 11.1 Å². The van der Waals surface area contributed by atoms with Gasteiger partial charge in [-0.2, -0.15) is 0 Å². The number of hydroxylamine groups is 1. The van der Waals surface area contributed by atoms with Gasteiger partial charge in [-0.1, -0.05) is 44.6 Å². The van der Waals surface area contributed by atoms with Gasteiger partial charge in [0.1, 0.15) is 0 Å². The van der Waals surface area contributed by atoms with Gasteiger partial charge in [0.2, 0.25) is 5.95 Å². The maximum atomic E-state index is 9.94. The van der Waals surface area contributed by atoms with E-state index in [0.717, 1.165) is 48.5 Å². The summed E-state index contributed by atoms with van der Waals surface area (Å²) in [5.41, 5.74) is 14.0. The summed E-state index contributed by atoms with van der Waals surface area (Å²) < 4.78 is 0. The Morgan fingerprint density at radius 3 is 2.65 bits per heavy atom. The van der Waals surface area contributed by atoms with E-state index >= 15 is 0 Å². The van der Waals surface area contributed by atoms with Crippen molar-refractivity contribution in [2.24, 2.45) is 0 Å². The number of hydrogen-bond acceptors (Lipinski definition) is 7. The molecular weight excluding hydrogens is 426 g/mol. The van der Waals surface area contributed by atoms with Crippen molar-refractivity contribution < 1.29 is 9.94 Å². The van der Waals surface area contributed by atoms with Crippen molar-refractivity contribution in [1.82, 2.24) is 15.4 Å². The molecule has 7 heteroatoms. The molecular formula is C27H41N5O2. The number of aliphatic hydroxyl groups excluding tert-OH is 1. The van der Waals surface area contributed by atoms with Crippen LogP contribution in [0, 0.1) is 6.92 Å². The first-order valence-corrected chi connectivity index (χ1v) is 12.3. The largest absolute Gasteiger partial charge is 0.407 e. The Bertz CT molecular complexity index is 952. The van der Waals surface area contributed by atoms with Crippen molar-refractivity contribution in [1.29, 1.82) is 0 Å². The fraction of sp³-hybridized carbons (Fsp3) is 0.481. The van der Waals surface area contributed by atoms with Gasteiger partial charge in [0, 0.05) is 41.8 Å². The molecule has 2 aliphatic heterocycles. The van der Waals surface area contributed by atoms with E-state index in [4.69, 9.17) is 10.6 Å². The molecule has 2 aliphatic rings. The van der Waals surface area contributed by atoms with Crippen molar-refractivity contribution in [3.8, 4) is 0 Å². The lowest BCUT2D eigenvalue weighted by molar-refractivity contribution is 0.154. The van der Waals surface area contributed by atoms with Crippen LogP contribution in [0.15, 0.2) is 53.8 Å². The second-order valence-corrected chi connectivity index (χ2v) is 8.54. The van der Waals surface area contributed by atoms with Crippen LogP contribution >= 0.6 is 0 Å². The molecule has 0 aliphatic carbocycles. The highest BCUT2D eigenvalue weighted by Crippen LogP contribution is 2.32. The second-order valence-electron chi connectivity index (χ2n) is 8.54. The first-order valence-electron chi connectivity index (χ1n) is 12.3. The number of aromatic nitrogens is 2. The zero-order valence-corrected chi connectivity index (χ0v) is 21.5. The number of benzene rings is 1. The maximum absolute atomic E-state index is 9.94. The molecule has 4 N–H and O–H groups in total. The van der Waals surface area contributed by atoms with Crippen LogP contribution in [0.2, 0.25) is 0 Å². The zero-order valence-electron chi connectivity index (χ0n) is 21.5. The number of rotatable bonds is 4. The number of hydrogen-bond donors (Lipinski definition) is 3. The van der Waals surface area contributed by atoms with Gasteiger partial charge in [0.25, 0.3) is 0 Å². The molecule has 0 saturated carbocycles. The predicted octanol–water partition coefficient (Wildman–Crippen LogP) is 5.03. The van der Waals surface area contributed by atoms with Crippen molar-refractivity contribution in [2.75, 3.05) is 23.7 Å². The van der Waals surface area contributed by atoms with E-state index in [1.807, 2.05) is 20.8 Å². The minimum absolute atomic E-state index is 0.225. The van der Waals surface area contributed by atoms with Crippen LogP contribution < -0.4 is 16.1 Å². The van der Waals surface area contributed by atoms with Crippen LogP contribution in [0.25, 0.3) is 5.76 Å². The van der Waals surface area contributed by atoms with Crippen LogP contribution in [-0.4, -0.2) is 40.3 Å². The van der Waals surface area contributed by atoms with Gasteiger partial charge in [-0.3, -0.25) is 0 Å². The molecule has 2 atom stereocenters. The first-order chi connectivity index (χ1) is 16.4. The maximum Gasteiger partial charge on any atom is 0.220 e. The van der Waals surface area contributed by atoms with Crippen molar-refractivity contribution >= 4 is 17.4 Å². The monoisotopic (exact) mass is 467 g/mol. The van der Waals surface area contributed by atoms with Gasteiger partial charge in [-0.25, -0.2) is 9.97 Å². The van der Waals surface area contributed by atoms with E-state index < -0.39 is 0 Å². The molecule has 1 aromatic carbocycles. The second kappa shape index (κ2) is 13.7. The molecule has 2 unspecified atom stereocenters. The average molecular weight is 468 g/mol. The smallest absolute Gasteiger partial charge is 0.220 e. The third kappa shape index (κ3) is 7.85. The summed E-state index contributed by atoms with van der Waals surface area (Å²) in [4.78, 5) is 15.6. The van der Waals surface area contributed by atoms with E-state index in [1.54, 1.807) is 12.3 Å². The SMILES string of the molecule is CC.CCC1NOC(c2cccc(N3CCCC(O)C3)c2)=C1C=C(C)C.Cc1ccnc(N)n1. The molecule has 0 radical (unpaired) electrons. The molecule has 1 aromatic heterocycles. The fourth-order valence-corrected chi connectivity index (χ4v) is 3.92. The van der Waals surface area contributed by atoms with Gasteiger partial charge >= 0.3 is 0 Å². The van der Waals surface area contributed by atoms with E-state index in [-0.39, 0.29) is 12.1 Å². The molecule has 1 fully saturated rings. The summed E-state index contributed by atoms with van der Waals surface area (Å²) in [5, 5.41) is 9.94. The summed E-state index contributed by atoms with van der Waals surface area (Å²) in [6, 6.07) is 10.5. The lowest BCUT2D eigenvalue weighted by Gasteiger charge is -2.32. The number of nitrogens with two attached hydrogens (primary N) is 1. The van der Waals surface area contributed by atoms with Gasteiger partial charge in [-0.05, 0) is 58.2 Å². The number of aryl methyl sites for hydroxylation is 1. The van der Waals surface area contributed by atoms with Crippen LogP contribution in [0.5, 0.6) is 0 Å². The molecule has 3 heterocycles. The molecule has 34 heavy (non-hydrogen) atoms. The Kier molecular flexibility index (Phi) is 11.0. The van der Waals surface area contributed by atoms with Crippen LogP contribution in [0.1, 0.15) is 65.1 Å². The third-order valence-corrected chi connectivity index (χ3v) is 5.48. The summed E-state index contributed by atoms with van der Waals surface area (Å²) >= 11 is 0. The summed E-state index contributed by atoms with van der Waals surface area (Å²) in [5.74, 6) is 1.26. The fourth-order valence-electron chi connectivity index (χ4n) is 3.92. The van der Waals surface area contributed by atoms with Crippen LogP contribution in [-0.2, 0) is 4.84 Å². The van der Waals surface area contributed by atoms with E-state index in [9.17, 15) is 5.11 Å². The predicted molar refractivity (Wildman–Crippen MR) is 141 cm³/mol. The van der Waals surface area contributed by atoms with Crippen molar-refractivity contribution in [2.45, 2.75) is 73.0 Å². The number of allylic oxidation sites excluding steroid dienone is 1. The number of piperidine rings is 1. The summed E-state index contributed by atoms with van der Waals surface area (Å²) in [6.07, 6.45) is 6.54. The zero-order chi connectivity index (χ0) is 25.1. The minimum atomic E-state index is -0.225. The first kappa shape index (κ1) is 27.3. The van der Waals surface area contributed by atoms with E-state index in [2.05, 4.69) is 71.5 Å². The highest BCUT2D eigenvalue weighted by Gasteiger charge is 2.26. The van der Waals surface area contributed by atoms with Crippen molar-refractivity contribution in [3.05, 3.63) is 65.0 Å². The van der Waals surface area contributed by atoms with Gasteiger partial charge < -0.3 is 20.6 Å². The average Bonchev–Trinajstić information content (AvgIpc) is 3.22. The molecule has 4 rings (SSSR count). The molecule has 1 saturated heterocycles. The lowest BCUT2D eigenvalue weighted by atomic mass is 9.99. The summed E-state index contributed by atoms with van der Waals surface area (Å²) in [6.45, 7) is 14.0. The molecule has 0 amide bonds. The Balaban J connectivity index is 0.000000343. The Morgan fingerprint density at radius 2 is 2.06 bits per heavy atom. The lowest BCUT2D eigenvalue weighted by Crippen LogP contribution is -2.38. The number of aliphatic hydroxyl groups is 1. The molecule has 0 bridgehead atoms. The standard InChI is InChI=1S/C20H28N2O2.C5H7N3.C2H6/c1-4-19-18(11-14(2)3)20(24-21-19)15-7-5-8-16(12-15)22-10-6-9-17(23)13-22;1-4-2-3-7-5(6)8-4;1-2/h5,7-8,11-12,17,19,21,23H,4,6,9-10,13H2,1-3H3;2-3H,1H3,(H2,6,7,8);1-2H3. The number of β-amino-alcohol motifs (C(OH)–C–C–N with tert-alkyl or cyclic N) is 1. The van der Waals surface area contributed by atoms with Crippen LogP contribution in [0.4, 0.5) is 11.6 Å². The Morgan fingerprint density at radius 1 is 1.29 bits per heavy atom. The molecule has 2 aromatic rings. The topological polar surface area (TPSA) is 96.5 Å². The summed E-state index contributed by atoms with van der Waals surface area (Å²) in [7, 11) is 0. The van der Waals surface area contributed by atoms with Crippen molar-refractivity contribution in [3.63, 3.8) is 0 Å². The normalized spacial score (nSPS) is 19.3. The number of anilines is 2. The van der Waals surface area contributed by atoms with E-state index in [0.29, 0.717) is 12.5 Å². The number of nitrogens with zero attached hydrogens (tertiary/aromatic N) is 3. The van der Waals surface area contributed by atoms with Gasteiger partial charge in [0.05, 0.1) is 12.1 Å². The third-order valence-electron chi connectivity index (χ3n) is 5.48. The highest BCUT2D eigenvalue weighted by atomic mass is 16.7. The number of nitrogens with one attached hydrogen (secondary N) is 1.